The lowest BCUT2D eigenvalue weighted by molar-refractivity contribution is 0.0517. The number of hydrogen-bond acceptors (Lipinski definition) is 12. The smallest absolute Gasteiger partial charge is 0.340 e. The topological polar surface area (TPSA) is 208 Å². The lowest BCUT2D eigenvalue weighted by Crippen LogP contribution is -2.05. The van der Waals surface area contributed by atoms with Crippen molar-refractivity contribution in [3.63, 3.8) is 0 Å². The van der Waals surface area contributed by atoms with Crippen molar-refractivity contribution in [1.29, 1.82) is 0 Å². The molecule has 0 bridgehead atoms. The Labute approximate surface area is 217 Å². The zero-order valence-electron chi connectivity index (χ0n) is 20.4. The molecule has 13 nitrogen and oxygen atoms in total. The number of carbonyl (C=O) groups is 2. The molecule has 0 aliphatic heterocycles. The molecule has 3 aromatic carbocycles. The predicted octanol–water partition coefficient (Wildman–Crippen LogP) is 5.28. The zero-order valence-corrected chi connectivity index (χ0v) is 21.2. The molecule has 3 aromatic rings. The van der Waals surface area contributed by atoms with Crippen molar-refractivity contribution in [2.24, 2.45) is 20.5 Å². The summed E-state index contributed by atoms with van der Waals surface area (Å²) in [5, 5.41) is 15.9. The Kier molecular flexibility index (Phi) is 8.83. The van der Waals surface area contributed by atoms with E-state index < -0.39 is 32.6 Å². The number of azo groups is 2. The SMILES string of the molecule is CCOC(=O)c1ccccc1/N=N/c1cc(S(=O)(=O)O)c(N)c(/N=N/c2ccccc2C(=O)OCC)c1N. The summed E-state index contributed by atoms with van der Waals surface area (Å²) in [4.78, 5) is 23.7. The van der Waals surface area contributed by atoms with Crippen LogP contribution in [0.4, 0.5) is 34.1 Å². The molecule has 0 amide bonds. The van der Waals surface area contributed by atoms with Gasteiger partial charge < -0.3 is 20.9 Å². The van der Waals surface area contributed by atoms with Crippen LogP contribution in [-0.4, -0.2) is 38.1 Å². The van der Waals surface area contributed by atoms with E-state index in [9.17, 15) is 22.6 Å². The van der Waals surface area contributed by atoms with Crippen LogP contribution >= 0.6 is 0 Å². The number of carbonyl (C=O) groups excluding carboxylic acids is 2. The summed E-state index contributed by atoms with van der Waals surface area (Å²) >= 11 is 0. The van der Waals surface area contributed by atoms with Gasteiger partial charge in [-0.25, -0.2) is 9.59 Å². The maximum Gasteiger partial charge on any atom is 0.340 e. The van der Waals surface area contributed by atoms with Crippen LogP contribution in [0.25, 0.3) is 0 Å². The summed E-state index contributed by atoms with van der Waals surface area (Å²) in [6, 6.07) is 13.2. The number of hydrogen-bond donors (Lipinski definition) is 3. The molecule has 0 unspecified atom stereocenters. The number of nitrogens with two attached hydrogens (primary N) is 2. The monoisotopic (exact) mass is 540 g/mol. The van der Waals surface area contributed by atoms with Gasteiger partial charge in [0.15, 0.2) is 0 Å². The van der Waals surface area contributed by atoms with Crippen molar-refractivity contribution >= 4 is 56.2 Å². The highest BCUT2D eigenvalue weighted by Gasteiger charge is 2.23. The molecular formula is C24H24N6O7S. The maximum atomic E-state index is 12.2. The Morgan fingerprint density at radius 2 is 1.21 bits per heavy atom. The van der Waals surface area contributed by atoms with Crippen molar-refractivity contribution in [2.75, 3.05) is 24.7 Å². The van der Waals surface area contributed by atoms with E-state index >= 15 is 0 Å². The van der Waals surface area contributed by atoms with Crippen LogP contribution in [0, 0.1) is 0 Å². The van der Waals surface area contributed by atoms with Crippen molar-refractivity contribution in [3.8, 4) is 0 Å². The predicted molar refractivity (Wildman–Crippen MR) is 138 cm³/mol. The number of nitrogen functional groups attached to an aromatic ring is 2. The molecule has 0 atom stereocenters. The van der Waals surface area contributed by atoms with Gasteiger partial charge in [0.25, 0.3) is 10.1 Å². The van der Waals surface area contributed by atoms with E-state index in [0.717, 1.165) is 6.07 Å². The average molecular weight is 541 g/mol. The third-order valence-electron chi connectivity index (χ3n) is 4.92. The van der Waals surface area contributed by atoms with E-state index in [1.54, 1.807) is 38.1 Å². The Balaban J connectivity index is 2.13. The standard InChI is InChI=1S/C24H24N6O7S/c1-3-36-23(31)14-9-5-7-11-16(14)27-29-18-13-19(38(33,34)35)21(26)22(20(18)25)30-28-17-12-8-6-10-15(17)24(32)37-4-2/h5-13H,3-4,25-26H2,1-2H3,(H,33,34,35)/b29-27+,30-28+. The van der Waals surface area contributed by atoms with Gasteiger partial charge in [-0.1, -0.05) is 24.3 Å². The fraction of sp³-hybridized carbons (Fsp3) is 0.167. The van der Waals surface area contributed by atoms with Gasteiger partial charge in [0.1, 0.15) is 27.6 Å². The molecule has 0 aliphatic carbocycles. The van der Waals surface area contributed by atoms with Crippen LogP contribution < -0.4 is 11.5 Å². The van der Waals surface area contributed by atoms with Gasteiger partial charge in [0.2, 0.25) is 0 Å². The molecule has 38 heavy (non-hydrogen) atoms. The fourth-order valence-electron chi connectivity index (χ4n) is 3.16. The second kappa shape index (κ2) is 12.0. The number of ether oxygens (including phenoxy) is 2. The van der Waals surface area contributed by atoms with Crippen LogP contribution in [0.1, 0.15) is 34.6 Å². The van der Waals surface area contributed by atoms with Gasteiger partial charge in [-0.05, 0) is 44.2 Å². The molecule has 14 heteroatoms. The highest BCUT2D eigenvalue weighted by Crippen LogP contribution is 2.43. The van der Waals surface area contributed by atoms with Crippen molar-refractivity contribution in [2.45, 2.75) is 18.7 Å². The summed E-state index contributed by atoms with van der Waals surface area (Å²) in [6.45, 7) is 3.56. The molecule has 198 valence electrons. The largest absolute Gasteiger partial charge is 0.462 e. The highest BCUT2D eigenvalue weighted by atomic mass is 32.2. The minimum atomic E-state index is -4.85. The van der Waals surface area contributed by atoms with Gasteiger partial charge in [-0.2, -0.15) is 8.42 Å². The third-order valence-corrected chi connectivity index (χ3v) is 5.81. The average Bonchev–Trinajstić information content (AvgIpc) is 2.88. The van der Waals surface area contributed by atoms with Crippen molar-refractivity contribution < 1.29 is 32.0 Å². The first-order chi connectivity index (χ1) is 18.1. The van der Waals surface area contributed by atoms with Crippen LogP contribution in [0.2, 0.25) is 0 Å². The van der Waals surface area contributed by atoms with Crippen molar-refractivity contribution in [3.05, 3.63) is 65.7 Å². The highest BCUT2D eigenvalue weighted by molar-refractivity contribution is 7.86. The Bertz CT molecular complexity index is 1540. The van der Waals surface area contributed by atoms with E-state index in [2.05, 4.69) is 20.5 Å². The first-order valence-corrected chi connectivity index (χ1v) is 12.6. The van der Waals surface area contributed by atoms with Gasteiger partial charge in [-0.3, -0.25) is 4.55 Å². The number of benzene rings is 3. The Hall–Kier alpha value is -4.69. The zero-order chi connectivity index (χ0) is 27.9. The Morgan fingerprint density at radius 3 is 1.68 bits per heavy atom. The summed E-state index contributed by atoms with van der Waals surface area (Å²) in [5.41, 5.74) is 11.2. The molecule has 5 N–H and O–H groups in total. The van der Waals surface area contributed by atoms with Gasteiger partial charge in [0, 0.05) is 0 Å². The molecule has 3 rings (SSSR count). The molecule has 0 aromatic heterocycles. The lowest BCUT2D eigenvalue weighted by Gasteiger charge is -2.11. The second-order valence-corrected chi connectivity index (χ2v) is 8.81. The second-order valence-electron chi connectivity index (χ2n) is 7.42. The maximum absolute atomic E-state index is 12.2. The van der Waals surface area contributed by atoms with E-state index in [0.29, 0.717) is 0 Å². The van der Waals surface area contributed by atoms with E-state index in [-0.39, 0.29) is 52.8 Å². The fourth-order valence-corrected chi connectivity index (χ4v) is 3.80. The van der Waals surface area contributed by atoms with Gasteiger partial charge in [-0.15, -0.1) is 20.5 Å². The molecule has 0 heterocycles. The molecule has 0 radical (unpaired) electrons. The molecule has 0 saturated heterocycles. The normalized spacial score (nSPS) is 11.7. The molecular weight excluding hydrogens is 516 g/mol. The summed E-state index contributed by atoms with van der Waals surface area (Å²) in [6.07, 6.45) is 0. The summed E-state index contributed by atoms with van der Waals surface area (Å²) in [5.74, 6) is -1.29. The van der Waals surface area contributed by atoms with E-state index in [4.69, 9.17) is 20.9 Å². The van der Waals surface area contributed by atoms with Gasteiger partial charge in [0.05, 0.1) is 35.7 Å². The minimum absolute atomic E-state index is 0.0912. The van der Waals surface area contributed by atoms with Crippen LogP contribution in [0.3, 0.4) is 0 Å². The number of nitrogens with zero attached hydrogens (tertiary/aromatic N) is 4. The summed E-state index contributed by atoms with van der Waals surface area (Å²) in [7, 11) is -4.85. The summed E-state index contributed by atoms with van der Waals surface area (Å²) < 4.78 is 43.8. The molecule has 0 fully saturated rings. The first kappa shape index (κ1) is 27.9. The van der Waals surface area contributed by atoms with Crippen LogP contribution in [0.5, 0.6) is 0 Å². The quantitative estimate of drug-likeness (QED) is 0.139. The number of rotatable bonds is 9. The number of anilines is 2. The lowest BCUT2D eigenvalue weighted by atomic mass is 10.2. The van der Waals surface area contributed by atoms with Crippen LogP contribution in [-0.2, 0) is 19.6 Å². The van der Waals surface area contributed by atoms with E-state index in [1.807, 2.05) is 0 Å². The number of esters is 2. The first-order valence-electron chi connectivity index (χ1n) is 11.1. The van der Waals surface area contributed by atoms with Crippen molar-refractivity contribution in [1.82, 2.24) is 0 Å². The molecule has 0 saturated carbocycles. The Morgan fingerprint density at radius 1 is 0.763 bits per heavy atom. The molecule has 0 aliphatic rings. The van der Waals surface area contributed by atoms with Crippen LogP contribution in [0.15, 0.2) is 79.9 Å². The van der Waals surface area contributed by atoms with Gasteiger partial charge >= 0.3 is 11.9 Å². The third kappa shape index (κ3) is 6.35. The molecule has 0 spiro atoms. The van der Waals surface area contributed by atoms with E-state index in [1.165, 1.54) is 24.3 Å². The minimum Gasteiger partial charge on any atom is -0.462 e.